The van der Waals surface area contributed by atoms with E-state index in [-0.39, 0.29) is 11.9 Å². The van der Waals surface area contributed by atoms with Crippen LogP contribution in [0.4, 0.5) is 0 Å². The molecular weight excluding hydrogens is 398 g/mol. The summed E-state index contributed by atoms with van der Waals surface area (Å²) in [4.78, 5) is 22.8. The number of thiophene rings is 1. The number of hydrogen-bond donors (Lipinski definition) is 1. The average Bonchev–Trinajstić information content (AvgIpc) is 3.30. The third-order valence-corrected chi connectivity index (χ3v) is 6.40. The van der Waals surface area contributed by atoms with E-state index in [1.807, 2.05) is 10.7 Å². The first-order valence-corrected chi connectivity index (χ1v) is 11.3. The number of carbonyl (C=O) groups is 1. The van der Waals surface area contributed by atoms with Crippen molar-refractivity contribution in [2.45, 2.75) is 33.7 Å². The first-order chi connectivity index (χ1) is 14.4. The van der Waals surface area contributed by atoms with Crippen molar-refractivity contribution in [3.63, 3.8) is 0 Å². The number of nitrogens with one attached hydrogen (secondary N) is 1. The molecule has 0 unspecified atom stereocenters. The van der Waals surface area contributed by atoms with Crippen LogP contribution in [0.1, 0.15) is 40.0 Å². The summed E-state index contributed by atoms with van der Waals surface area (Å²) in [6.07, 6.45) is 1.76. The van der Waals surface area contributed by atoms with Crippen LogP contribution in [0.5, 0.6) is 0 Å². The number of nitrogens with zero attached hydrogens (tertiary/aromatic N) is 4. The summed E-state index contributed by atoms with van der Waals surface area (Å²) < 4.78 is 7.28. The molecule has 0 saturated carbocycles. The van der Waals surface area contributed by atoms with Crippen molar-refractivity contribution in [1.82, 2.24) is 25.0 Å². The van der Waals surface area contributed by atoms with Crippen LogP contribution in [0, 0.1) is 13.8 Å². The molecule has 1 saturated heterocycles. The van der Waals surface area contributed by atoms with Crippen molar-refractivity contribution >= 4 is 28.3 Å². The molecule has 3 aromatic rings. The molecule has 0 atom stereocenters. The molecule has 0 spiro atoms. The van der Waals surface area contributed by atoms with Crippen LogP contribution < -0.4 is 5.32 Å². The number of rotatable bonds is 6. The molecule has 0 bridgehead atoms. The Morgan fingerprint density at radius 1 is 1.27 bits per heavy atom. The summed E-state index contributed by atoms with van der Waals surface area (Å²) in [5.41, 5.74) is 3.29. The highest BCUT2D eigenvalue weighted by Gasteiger charge is 2.20. The lowest BCUT2D eigenvalue weighted by atomic mass is 10.1. The fourth-order valence-corrected chi connectivity index (χ4v) is 4.79. The molecule has 8 heteroatoms. The van der Waals surface area contributed by atoms with Gasteiger partial charge in [0.2, 0.25) is 0 Å². The molecule has 30 heavy (non-hydrogen) atoms. The van der Waals surface area contributed by atoms with E-state index in [9.17, 15) is 4.79 Å². The summed E-state index contributed by atoms with van der Waals surface area (Å²) in [5.74, 6) is -0.0789. The predicted octanol–water partition coefficient (Wildman–Crippen LogP) is 3.42. The molecule has 4 rings (SSSR count). The maximum atomic E-state index is 13.1. The average molecular weight is 428 g/mol. The van der Waals surface area contributed by atoms with Gasteiger partial charge in [-0.25, -0.2) is 9.67 Å². The van der Waals surface area contributed by atoms with Crippen LogP contribution in [-0.4, -0.2) is 65.0 Å². The maximum absolute atomic E-state index is 13.1. The van der Waals surface area contributed by atoms with Gasteiger partial charge >= 0.3 is 0 Å². The van der Waals surface area contributed by atoms with Gasteiger partial charge in [0.25, 0.3) is 5.91 Å². The lowest BCUT2D eigenvalue weighted by Gasteiger charge is -2.26. The molecule has 0 radical (unpaired) electrons. The molecular formula is C22H29N5O2S. The monoisotopic (exact) mass is 427 g/mol. The minimum atomic E-state index is -0.0789. The van der Waals surface area contributed by atoms with Crippen LogP contribution in [-0.2, 0) is 4.74 Å². The first-order valence-electron chi connectivity index (χ1n) is 10.5. The Morgan fingerprint density at radius 2 is 2.03 bits per heavy atom. The summed E-state index contributed by atoms with van der Waals surface area (Å²) in [6.45, 7) is 13.1. The van der Waals surface area contributed by atoms with E-state index in [1.54, 1.807) is 17.5 Å². The highest BCUT2D eigenvalue weighted by atomic mass is 32.1. The summed E-state index contributed by atoms with van der Waals surface area (Å²) in [5, 5.41) is 8.39. The summed E-state index contributed by atoms with van der Waals surface area (Å²) in [6, 6.07) is 4.21. The topological polar surface area (TPSA) is 72.3 Å². The molecule has 1 fully saturated rings. The molecule has 3 aromatic heterocycles. The number of morpholine rings is 1. The normalized spacial score (nSPS) is 15.2. The zero-order chi connectivity index (χ0) is 21.3. The van der Waals surface area contributed by atoms with Crippen molar-refractivity contribution < 1.29 is 9.53 Å². The number of ether oxygens (including phenoxy) is 1. The van der Waals surface area contributed by atoms with Gasteiger partial charge in [-0.05, 0) is 39.8 Å². The fourth-order valence-electron chi connectivity index (χ4n) is 3.85. The van der Waals surface area contributed by atoms with E-state index in [2.05, 4.69) is 49.1 Å². The third-order valence-electron chi connectivity index (χ3n) is 5.43. The molecule has 7 nitrogen and oxygen atoms in total. The van der Waals surface area contributed by atoms with E-state index in [1.165, 1.54) is 9.75 Å². The van der Waals surface area contributed by atoms with Crippen LogP contribution in [0.15, 0.2) is 18.3 Å². The van der Waals surface area contributed by atoms with Gasteiger partial charge in [0.15, 0.2) is 5.65 Å². The Morgan fingerprint density at radius 3 is 2.70 bits per heavy atom. The minimum Gasteiger partial charge on any atom is -0.379 e. The van der Waals surface area contributed by atoms with Crippen molar-refractivity contribution in [3.05, 3.63) is 33.6 Å². The highest BCUT2D eigenvalue weighted by molar-refractivity contribution is 7.12. The van der Waals surface area contributed by atoms with Gasteiger partial charge in [-0.1, -0.05) is 0 Å². The predicted molar refractivity (Wildman–Crippen MR) is 120 cm³/mol. The number of hydrogen-bond acceptors (Lipinski definition) is 6. The van der Waals surface area contributed by atoms with E-state index in [4.69, 9.17) is 9.72 Å². The Hall–Kier alpha value is -2.29. The maximum Gasteiger partial charge on any atom is 0.252 e. The SMILES string of the molecule is Cc1cc(-c2cc(C(=O)NCCN3CCOCC3)c3cnn(C(C)C)c3n2)c(C)s1. The minimum absolute atomic E-state index is 0.0789. The van der Waals surface area contributed by atoms with Gasteiger partial charge in [-0.2, -0.15) is 5.10 Å². The van der Waals surface area contributed by atoms with Crippen LogP contribution in [0.25, 0.3) is 22.3 Å². The molecule has 4 heterocycles. The Bertz CT molecular complexity index is 1050. The van der Waals surface area contributed by atoms with Gasteiger partial charge < -0.3 is 10.1 Å². The third kappa shape index (κ3) is 4.26. The molecule has 160 valence electrons. The van der Waals surface area contributed by atoms with Crippen molar-refractivity contribution in [3.8, 4) is 11.3 Å². The van der Waals surface area contributed by atoms with Crippen molar-refractivity contribution in [2.24, 2.45) is 0 Å². The Balaban J connectivity index is 1.65. The number of pyridine rings is 1. The van der Waals surface area contributed by atoms with E-state index in [0.29, 0.717) is 12.1 Å². The second kappa shape index (κ2) is 8.83. The molecule has 1 aliphatic rings. The van der Waals surface area contributed by atoms with Crippen LogP contribution in [0.2, 0.25) is 0 Å². The van der Waals surface area contributed by atoms with Gasteiger partial charge in [0.1, 0.15) is 0 Å². The quantitative estimate of drug-likeness (QED) is 0.653. The summed E-state index contributed by atoms with van der Waals surface area (Å²) >= 11 is 1.75. The van der Waals surface area contributed by atoms with E-state index < -0.39 is 0 Å². The van der Waals surface area contributed by atoms with Gasteiger partial charge in [0, 0.05) is 47.5 Å². The standard InChI is InChI=1S/C22H29N5O2S/c1-14(2)27-21-19(13-24-27)18(12-20(25-21)17-11-15(3)30-16(17)4)22(28)23-5-6-26-7-9-29-10-8-26/h11-14H,5-10H2,1-4H3,(H,23,28). The summed E-state index contributed by atoms with van der Waals surface area (Å²) in [7, 11) is 0. The first kappa shape index (κ1) is 21.0. The van der Waals surface area contributed by atoms with Crippen LogP contribution >= 0.6 is 11.3 Å². The smallest absolute Gasteiger partial charge is 0.252 e. The zero-order valence-electron chi connectivity index (χ0n) is 18.1. The number of aryl methyl sites for hydroxylation is 2. The molecule has 0 aromatic carbocycles. The molecule has 0 aliphatic carbocycles. The molecule has 1 aliphatic heterocycles. The van der Waals surface area contributed by atoms with Gasteiger partial charge in [-0.3, -0.25) is 9.69 Å². The highest BCUT2D eigenvalue weighted by Crippen LogP contribution is 2.32. The number of fused-ring (bicyclic) bond motifs is 1. The zero-order valence-corrected chi connectivity index (χ0v) is 18.9. The number of aromatic nitrogens is 3. The lowest BCUT2D eigenvalue weighted by molar-refractivity contribution is 0.0383. The number of amides is 1. The van der Waals surface area contributed by atoms with E-state index in [0.717, 1.165) is 55.1 Å². The van der Waals surface area contributed by atoms with Crippen molar-refractivity contribution in [2.75, 3.05) is 39.4 Å². The molecule has 1 N–H and O–H groups in total. The van der Waals surface area contributed by atoms with Gasteiger partial charge in [-0.15, -0.1) is 11.3 Å². The fraction of sp³-hybridized carbons (Fsp3) is 0.500. The van der Waals surface area contributed by atoms with Crippen molar-refractivity contribution in [1.29, 1.82) is 0 Å². The lowest BCUT2D eigenvalue weighted by Crippen LogP contribution is -2.41. The second-order valence-corrected chi connectivity index (χ2v) is 9.47. The van der Waals surface area contributed by atoms with Gasteiger partial charge in [0.05, 0.1) is 36.1 Å². The Labute approximate surface area is 181 Å². The van der Waals surface area contributed by atoms with Crippen LogP contribution in [0.3, 0.4) is 0 Å². The largest absolute Gasteiger partial charge is 0.379 e. The Kier molecular flexibility index (Phi) is 6.17. The second-order valence-electron chi connectivity index (χ2n) is 8.01. The number of carbonyl (C=O) groups excluding carboxylic acids is 1. The van der Waals surface area contributed by atoms with E-state index >= 15 is 0 Å². The molecule has 1 amide bonds.